The molecular formula is C16H23ClO. The van der Waals surface area contributed by atoms with Crippen molar-refractivity contribution < 1.29 is 4.74 Å². The third-order valence-electron chi connectivity index (χ3n) is 4.22. The number of halogens is 1. The van der Waals surface area contributed by atoms with Crippen molar-refractivity contribution in [3.63, 3.8) is 0 Å². The maximum Gasteiger partial charge on any atom is 0.0638 e. The quantitative estimate of drug-likeness (QED) is 0.700. The first kappa shape index (κ1) is 13.9. The molecule has 0 heterocycles. The minimum atomic E-state index is 0.150. The maximum absolute atomic E-state index is 6.69. The second-order valence-electron chi connectivity index (χ2n) is 5.71. The first-order valence-corrected chi connectivity index (χ1v) is 7.31. The molecule has 1 aromatic carbocycles. The molecular weight excluding hydrogens is 244 g/mol. The number of hydrogen-bond donors (Lipinski definition) is 0. The molecule has 0 amide bonds. The summed E-state index contributed by atoms with van der Waals surface area (Å²) in [5.41, 5.74) is 2.87. The van der Waals surface area contributed by atoms with E-state index < -0.39 is 0 Å². The van der Waals surface area contributed by atoms with E-state index in [1.54, 1.807) is 7.11 Å². The second kappa shape index (κ2) is 6.08. The summed E-state index contributed by atoms with van der Waals surface area (Å²) >= 11 is 6.69. The monoisotopic (exact) mass is 266 g/mol. The first-order chi connectivity index (χ1) is 8.65. The van der Waals surface area contributed by atoms with Crippen LogP contribution < -0.4 is 0 Å². The lowest BCUT2D eigenvalue weighted by molar-refractivity contribution is 0.202. The fourth-order valence-electron chi connectivity index (χ4n) is 2.91. The van der Waals surface area contributed by atoms with Crippen molar-refractivity contribution in [2.45, 2.75) is 44.4 Å². The van der Waals surface area contributed by atoms with Crippen LogP contribution in [0.25, 0.3) is 0 Å². The van der Waals surface area contributed by atoms with Crippen molar-refractivity contribution in [1.29, 1.82) is 0 Å². The second-order valence-corrected chi connectivity index (χ2v) is 6.14. The highest BCUT2D eigenvalue weighted by atomic mass is 35.5. The number of rotatable bonds is 5. The zero-order chi connectivity index (χ0) is 13.0. The van der Waals surface area contributed by atoms with Gasteiger partial charge in [-0.2, -0.15) is 0 Å². The van der Waals surface area contributed by atoms with Crippen LogP contribution in [0.1, 0.15) is 49.1 Å². The zero-order valence-electron chi connectivity index (χ0n) is 11.4. The maximum atomic E-state index is 6.69. The lowest BCUT2D eigenvalue weighted by atomic mass is 9.81. The molecule has 0 spiro atoms. The van der Waals surface area contributed by atoms with E-state index in [1.165, 1.54) is 36.8 Å². The van der Waals surface area contributed by atoms with Crippen LogP contribution in [0.2, 0.25) is 0 Å². The lowest BCUT2D eigenvalue weighted by Crippen LogP contribution is -2.18. The van der Waals surface area contributed by atoms with Crippen molar-refractivity contribution in [1.82, 2.24) is 0 Å². The topological polar surface area (TPSA) is 9.23 Å². The van der Waals surface area contributed by atoms with Crippen LogP contribution >= 0.6 is 11.6 Å². The molecule has 18 heavy (non-hydrogen) atoms. The molecule has 1 unspecified atom stereocenters. The molecule has 1 atom stereocenters. The van der Waals surface area contributed by atoms with Gasteiger partial charge in [0.05, 0.1) is 12.0 Å². The third kappa shape index (κ3) is 3.07. The molecule has 0 aromatic heterocycles. The van der Waals surface area contributed by atoms with Gasteiger partial charge in [0.15, 0.2) is 0 Å². The standard InChI is InChI=1S/C16H23ClO/c1-16(10-3-4-11-16)15(17)14-7-5-13(6-8-14)9-12-18-2/h5-8,15H,3-4,9-12H2,1-2H3. The molecule has 2 rings (SSSR count). The van der Waals surface area contributed by atoms with Crippen molar-refractivity contribution in [3.05, 3.63) is 35.4 Å². The molecule has 0 aliphatic heterocycles. The molecule has 1 aromatic rings. The minimum absolute atomic E-state index is 0.150. The number of methoxy groups -OCH3 is 1. The van der Waals surface area contributed by atoms with Crippen molar-refractivity contribution in [3.8, 4) is 0 Å². The highest BCUT2D eigenvalue weighted by Gasteiger charge is 2.36. The predicted molar refractivity (Wildman–Crippen MR) is 77.2 cm³/mol. The third-order valence-corrected chi connectivity index (χ3v) is 5.00. The normalized spacial score (nSPS) is 19.9. The molecule has 1 aliphatic rings. The van der Waals surface area contributed by atoms with Crippen LogP contribution in [0, 0.1) is 5.41 Å². The Balaban J connectivity index is 2.04. The Morgan fingerprint density at radius 1 is 1.22 bits per heavy atom. The lowest BCUT2D eigenvalue weighted by Gasteiger charge is -2.29. The summed E-state index contributed by atoms with van der Waals surface area (Å²) in [6, 6.07) is 8.74. The Morgan fingerprint density at radius 3 is 2.39 bits per heavy atom. The first-order valence-electron chi connectivity index (χ1n) is 6.87. The van der Waals surface area contributed by atoms with Gasteiger partial charge in [0.2, 0.25) is 0 Å². The van der Waals surface area contributed by atoms with Gasteiger partial charge in [0, 0.05) is 7.11 Å². The number of ether oxygens (including phenoxy) is 1. The Morgan fingerprint density at radius 2 is 1.83 bits per heavy atom. The van der Waals surface area contributed by atoms with Gasteiger partial charge in [0.1, 0.15) is 0 Å². The van der Waals surface area contributed by atoms with Gasteiger partial charge in [-0.1, -0.05) is 44.0 Å². The van der Waals surface area contributed by atoms with Crippen LogP contribution in [-0.4, -0.2) is 13.7 Å². The Kier molecular flexibility index (Phi) is 4.69. The molecule has 1 nitrogen and oxygen atoms in total. The Labute approximate surface area is 115 Å². The number of benzene rings is 1. The summed E-state index contributed by atoms with van der Waals surface area (Å²) in [6.45, 7) is 3.11. The SMILES string of the molecule is COCCc1ccc(C(Cl)C2(C)CCCC2)cc1. The average Bonchev–Trinajstić information content (AvgIpc) is 2.84. The Bertz CT molecular complexity index is 365. The van der Waals surface area contributed by atoms with Gasteiger partial charge in [-0.15, -0.1) is 11.6 Å². The van der Waals surface area contributed by atoms with E-state index in [9.17, 15) is 0 Å². The summed E-state index contributed by atoms with van der Waals surface area (Å²) in [5.74, 6) is 0. The van der Waals surface area contributed by atoms with Crippen LogP contribution in [0.5, 0.6) is 0 Å². The van der Waals surface area contributed by atoms with E-state index >= 15 is 0 Å². The van der Waals surface area contributed by atoms with Gasteiger partial charge in [0.25, 0.3) is 0 Å². The Hall–Kier alpha value is -0.530. The van der Waals surface area contributed by atoms with Gasteiger partial charge in [-0.05, 0) is 35.8 Å². The van der Waals surface area contributed by atoms with E-state index in [0.29, 0.717) is 0 Å². The largest absolute Gasteiger partial charge is 0.384 e. The number of alkyl halides is 1. The van der Waals surface area contributed by atoms with Gasteiger partial charge in [-0.3, -0.25) is 0 Å². The summed E-state index contributed by atoms with van der Waals surface area (Å²) in [5, 5.41) is 0.150. The van der Waals surface area contributed by atoms with Crippen molar-refractivity contribution in [2.24, 2.45) is 5.41 Å². The van der Waals surface area contributed by atoms with Crippen LogP contribution in [0.15, 0.2) is 24.3 Å². The molecule has 2 heteroatoms. The zero-order valence-corrected chi connectivity index (χ0v) is 12.2. The van der Waals surface area contributed by atoms with E-state index in [0.717, 1.165) is 13.0 Å². The van der Waals surface area contributed by atoms with Gasteiger partial charge < -0.3 is 4.74 Å². The molecule has 1 saturated carbocycles. The van der Waals surface area contributed by atoms with Crippen LogP contribution in [-0.2, 0) is 11.2 Å². The molecule has 0 radical (unpaired) electrons. The van der Waals surface area contributed by atoms with E-state index in [1.807, 2.05) is 0 Å². The molecule has 1 fully saturated rings. The highest BCUT2D eigenvalue weighted by molar-refractivity contribution is 6.21. The van der Waals surface area contributed by atoms with Crippen molar-refractivity contribution >= 4 is 11.6 Å². The van der Waals surface area contributed by atoms with E-state index in [4.69, 9.17) is 16.3 Å². The van der Waals surface area contributed by atoms with Gasteiger partial charge >= 0.3 is 0 Å². The average molecular weight is 267 g/mol. The molecule has 1 aliphatic carbocycles. The molecule has 0 bridgehead atoms. The molecule has 100 valence electrons. The summed E-state index contributed by atoms with van der Waals surface area (Å²) in [4.78, 5) is 0. The fourth-order valence-corrected chi connectivity index (χ4v) is 3.28. The van der Waals surface area contributed by atoms with Gasteiger partial charge in [-0.25, -0.2) is 0 Å². The minimum Gasteiger partial charge on any atom is -0.384 e. The highest BCUT2D eigenvalue weighted by Crippen LogP contribution is 2.50. The van der Waals surface area contributed by atoms with Crippen molar-refractivity contribution in [2.75, 3.05) is 13.7 Å². The molecule has 0 saturated heterocycles. The van der Waals surface area contributed by atoms with Crippen LogP contribution in [0.4, 0.5) is 0 Å². The predicted octanol–water partition coefficient (Wildman–Crippen LogP) is 4.74. The number of hydrogen-bond acceptors (Lipinski definition) is 1. The van der Waals surface area contributed by atoms with Crippen LogP contribution in [0.3, 0.4) is 0 Å². The summed E-state index contributed by atoms with van der Waals surface area (Å²) in [7, 11) is 1.74. The smallest absolute Gasteiger partial charge is 0.0638 e. The molecule has 0 N–H and O–H groups in total. The van der Waals surface area contributed by atoms with E-state index in [-0.39, 0.29) is 10.8 Å². The fraction of sp³-hybridized carbons (Fsp3) is 0.625. The van der Waals surface area contributed by atoms with E-state index in [2.05, 4.69) is 31.2 Å². The summed E-state index contributed by atoms with van der Waals surface area (Å²) < 4.78 is 5.09. The summed E-state index contributed by atoms with van der Waals surface area (Å²) in [6.07, 6.45) is 6.14.